The summed E-state index contributed by atoms with van der Waals surface area (Å²) in [6.07, 6.45) is 0. The number of nitrogens with zero attached hydrogens (tertiary/aromatic N) is 2. The summed E-state index contributed by atoms with van der Waals surface area (Å²) >= 11 is 0. The van der Waals surface area contributed by atoms with E-state index < -0.39 is 5.97 Å². The van der Waals surface area contributed by atoms with Gasteiger partial charge in [-0.05, 0) is 23.8 Å². The highest BCUT2D eigenvalue weighted by Gasteiger charge is 2.19. The molecule has 0 spiro atoms. The van der Waals surface area contributed by atoms with Gasteiger partial charge in [0.15, 0.2) is 5.69 Å². The fourth-order valence-corrected chi connectivity index (χ4v) is 2.77. The fourth-order valence-electron chi connectivity index (χ4n) is 2.77. The number of carbonyl (C=O) groups is 1. The Hall–Kier alpha value is -3.40. The SMILES string of the molecule is O=C(OCc1ccccc1)c1nn(-c2ccccc2)c2ccccc12. The Morgan fingerprint density at radius 2 is 1.48 bits per heavy atom. The van der Waals surface area contributed by atoms with E-state index in [1.165, 1.54) is 0 Å². The standard InChI is InChI=1S/C21H16N2O2/c24-21(25-15-16-9-3-1-4-10-16)20-18-13-7-8-14-19(18)23(22-20)17-11-5-2-6-12-17/h1-14H,15H2. The molecule has 4 rings (SSSR count). The minimum Gasteiger partial charge on any atom is -0.456 e. The number of rotatable bonds is 4. The van der Waals surface area contributed by atoms with Gasteiger partial charge in [0.1, 0.15) is 6.61 Å². The molecule has 1 aromatic heterocycles. The van der Waals surface area contributed by atoms with Gasteiger partial charge in [0.05, 0.1) is 11.2 Å². The molecule has 3 aromatic carbocycles. The molecule has 0 bridgehead atoms. The number of hydrogen-bond acceptors (Lipinski definition) is 3. The van der Waals surface area contributed by atoms with Crippen molar-refractivity contribution < 1.29 is 9.53 Å². The second-order valence-electron chi connectivity index (χ2n) is 5.67. The second kappa shape index (κ2) is 6.61. The molecule has 1 heterocycles. The zero-order valence-corrected chi connectivity index (χ0v) is 13.5. The van der Waals surface area contributed by atoms with Crippen LogP contribution >= 0.6 is 0 Å². The topological polar surface area (TPSA) is 44.1 Å². The van der Waals surface area contributed by atoms with Crippen LogP contribution in [0.3, 0.4) is 0 Å². The molecule has 4 aromatic rings. The Bertz CT molecular complexity index is 1010. The van der Waals surface area contributed by atoms with E-state index in [1.807, 2.05) is 84.9 Å². The highest BCUT2D eigenvalue weighted by molar-refractivity contribution is 6.02. The van der Waals surface area contributed by atoms with Crippen LogP contribution < -0.4 is 0 Å². The van der Waals surface area contributed by atoms with Crippen molar-refractivity contribution in [2.75, 3.05) is 0 Å². The van der Waals surface area contributed by atoms with Gasteiger partial charge < -0.3 is 4.74 Å². The van der Waals surface area contributed by atoms with Gasteiger partial charge >= 0.3 is 5.97 Å². The van der Waals surface area contributed by atoms with E-state index in [-0.39, 0.29) is 6.61 Å². The van der Waals surface area contributed by atoms with Crippen LogP contribution in [0.15, 0.2) is 84.9 Å². The van der Waals surface area contributed by atoms with E-state index in [0.717, 1.165) is 22.2 Å². The van der Waals surface area contributed by atoms with Crippen LogP contribution in [0.4, 0.5) is 0 Å². The number of carbonyl (C=O) groups excluding carboxylic acids is 1. The summed E-state index contributed by atoms with van der Waals surface area (Å²) in [7, 11) is 0. The first kappa shape index (κ1) is 15.1. The number of ether oxygens (including phenoxy) is 1. The third kappa shape index (κ3) is 3.02. The van der Waals surface area contributed by atoms with Crippen LogP contribution in [-0.2, 0) is 11.3 Å². The highest BCUT2D eigenvalue weighted by Crippen LogP contribution is 2.22. The second-order valence-corrected chi connectivity index (χ2v) is 5.67. The van der Waals surface area contributed by atoms with Crippen molar-refractivity contribution in [3.8, 4) is 5.69 Å². The summed E-state index contributed by atoms with van der Waals surface area (Å²) in [5, 5.41) is 5.30. The maximum absolute atomic E-state index is 12.6. The maximum atomic E-state index is 12.6. The molecular weight excluding hydrogens is 312 g/mol. The van der Waals surface area contributed by atoms with E-state index >= 15 is 0 Å². The van der Waals surface area contributed by atoms with Crippen LogP contribution in [0.2, 0.25) is 0 Å². The first-order valence-corrected chi connectivity index (χ1v) is 8.07. The minimum atomic E-state index is -0.422. The first-order valence-electron chi connectivity index (χ1n) is 8.07. The lowest BCUT2D eigenvalue weighted by Gasteiger charge is -2.03. The molecule has 0 aliphatic heterocycles. The van der Waals surface area contributed by atoms with Crippen LogP contribution in [0.5, 0.6) is 0 Å². The number of esters is 1. The Labute approximate surface area is 145 Å². The van der Waals surface area contributed by atoms with E-state index in [1.54, 1.807) is 4.68 Å². The molecule has 0 fully saturated rings. The number of fused-ring (bicyclic) bond motifs is 1. The quantitative estimate of drug-likeness (QED) is 0.522. The summed E-state index contributed by atoms with van der Waals surface area (Å²) in [6.45, 7) is 0.228. The third-order valence-electron chi connectivity index (χ3n) is 3.99. The molecule has 0 radical (unpaired) electrons. The molecule has 0 aliphatic carbocycles. The predicted octanol–water partition coefficient (Wildman–Crippen LogP) is 4.38. The smallest absolute Gasteiger partial charge is 0.359 e. The lowest BCUT2D eigenvalue weighted by Crippen LogP contribution is -2.07. The van der Waals surface area contributed by atoms with Gasteiger partial charge in [-0.15, -0.1) is 0 Å². The van der Waals surface area contributed by atoms with Crippen molar-refractivity contribution in [3.63, 3.8) is 0 Å². The molecule has 0 saturated heterocycles. The molecule has 4 heteroatoms. The van der Waals surface area contributed by atoms with Crippen molar-refractivity contribution >= 4 is 16.9 Å². The zero-order chi connectivity index (χ0) is 17.1. The Morgan fingerprint density at radius 3 is 2.24 bits per heavy atom. The third-order valence-corrected chi connectivity index (χ3v) is 3.99. The van der Waals surface area contributed by atoms with Gasteiger partial charge in [-0.25, -0.2) is 9.48 Å². The van der Waals surface area contributed by atoms with Crippen molar-refractivity contribution in [1.29, 1.82) is 0 Å². The van der Waals surface area contributed by atoms with Crippen LogP contribution in [0, 0.1) is 0 Å². The van der Waals surface area contributed by atoms with Gasteiger partial charge in [-0.2, -0.15) is 5.10 Å². The molecule has 122 valence electrons. The summed E-state index contributed by atoms with van der Waals surface area (Å²) in [5.41, 5.74) is 3.05. The summed E-state index contributed by atoms with van der Waals surface area (Å²) in [6, 6.07) is 27.0. The predicted molar refractivity (Wildman–Crippen MR) is 96.6 cm³/mol. The molecule has 0 aliphatic rings. The van der Waals surface area contributed by atoms with E-state index in [2.05, 4.69) is 5.10 Å². The number of benzene rings is 3. The normalized spacial score (nSPS) is 10.7. The van der Waals surface area contributed by atoms with E-state index in [4.69, 9.17) is 4.74 Å². The van der Waals surface area contributed by atoms with Gasteiger partial charge in [-0.1, -0.05) is 66.7 Å². The monoisotopic (exact) mass is 328 g/mol. The van der Waals surface area contributed by atoms with E-state index in [0.29, 0.717) is 5.69 Å². The van der Waals surface area contributed by atoms with Crippen LogP contribution in [-0.4, -0.2) is 15.7 Å². The molecule has 0 N–H and O–H groups in total. The maximum Gasteiger partial charge on any atom is 0.359 e. The highest BCUT2D eigenvalue weighted by atomic mass is 16.5. The lowest BCUT2D eigenvalue weighted by atomic mass is 10.2. The van der Waals surface area contributed by atoms with Crippen LogP contribution in [0.25, 0.3) is 16.6 Å². The number of para-hydroxylation sites is 2. The molecule has 4 nitrogen and oxygen atoms in total. The Balaban J connectivity index is 1.69. The number of hydrogen-bond donors (Lipinski definition) is 0. The summed E-state index contributed by atoms with van der Waals surface area (Å²) in [5.74, 6) is -0.422. The van der Waals surface area contributed by atoms with Crippen LogP contribution in [0.1, 0.15) is 16.1 Å². The van der Waals surface area contributed by atoms with Gasteiger partial charge in [0.25, 0.3) is 0 Å². The van der Waals surface area contributed by atoms with Gasteiger partial charge in [0, 0.05) is 5.39 Å². The largest absolute Gasteiger partial charge is 0.456 e. The Morgan fingerprint density at radius 1 is 0.840 bits per heavy atom. The average molecular weight is 328 g/mol. The van der Waals surface area contributed by atoms with Crippen molar-refractivity contribution in [1.82, 2.24) is 9.78 Å². The fraction of sp³-hybridized carbons (Fsp3) is 0.0476. The lowest BCUT2D eigenvalue weighted by molar-refractivity contribution is 0.0467. The zero-order valence-electron chi connectivity index (χ0n) is 13.5. The Kier molecular flexibility index (Phi) is 4.01. The van der Waals surface area contributed by atoms with Crippen molar-refractivity contribution in [2.24, 2.45) is 0 Å². The number of aromatic nitrogens is 2. The molecule has 0 amide bonds. The molecule has 25 heavy (non-hydrogen) atoms. The molecular formula is C21H16N2O2. The molecule has 0 saturated carbocycles. The van der Waals surface area contributed by atoms with Gasteiger partial charge in [0.2, 0.25) is 0 Å². The summed E-state index contributed by atoms with van der Waals surface area (Å²) in [4.78, 5) is 12.6. The minimum absolute atomic E-state index is 0.228. The van der Waals surface area contributed by atoms with Gasteiger partial charge in [-0.3, -0.25) is 0 Å². The average Bonchev–Trinajstić information content (AvgIpc) is 3.07. The van der Waals surface area contributed by atoms with Crippen molar-refractivity contribution in [3.05, 3.63) is 96.2 Å². The molecule has 0 atom stereocenters. The van der Waals surface area contributed by atoms with E-state index in [9.17, 15) is 4.79 Å². The summed E-state index contributed by atoms with van der Waals surface area (Å²) < 4.78 is 7.23. The molecule has 0 unspecified atom stereocenters. The first-order chi connectivity index (χ1) is 12.3. The van der Waals surface area contributed by atoms with Crippen molar-refractivity contribution in [2.45, 2.75) is 6.61 Å².